The molecule has 1 unspecified atom stereocenters. The van der Waals surface area contributed by atoms with E-state index in [1.807, 2.05) is 0 Å². The first-order valence-corrected chi connectivity index (χ1v) is 8.75. The molecule has 2 fully saturated rings. The van der Waals surface area contributed by atoms with Crippen LogP contribution in [-0.4, -0.2) is 30.6 Å². The number of hydrogen-bond acceptors (Lipinski definition) is 2. The Labute approximate surface area is 129 Å². The van der Waals surface area contributed by atoms with Gasteiger partial charge in [-0.3, -0.25) is 4.90 Å². The Balaban J connectivity index is 1.73. The molecule has 2 heteroatoms. The van der Waals surface area contributed by atoms with Gasteiger partial charge < -0.3 is 5.32 Å². The van der Waals surface area contributed by atoms with Crippen molar-refractivity contribution in [1.29, 1.82) is 0 Å². The van der Waals surface area contributed by atoms with Crippen LogP contribution in [0.25, 0.3) is 0 Å². The molecule has 0 bridgehead atoms. The van der Waals surface area contributed by atoms with E-state index in [4.69, 9.17) is 0 Å². The van der Waals surface area contributed by atoms with E-state index < -0.39 is 0 Å². The Morgan fingerprint density at radius 2 is 1.95 bits per heavy atom. The van der Waals surface area contributed by atoms with Crippen LogP contribution < -0.4 is 5.32 Å². The van der Waals surface area contributed by atoms with E-state index in [9.17, 15) is 0 Å². The molecule has 1 saturated heterocycles. The SMILES string of the molecule is Cc1ccc(C)c(CN2CCNCC2C2CCCCC2)c1. The second-order valence-electron chi connectivity index (χ2n) is 7.07. The van der Waals surface area contributed by atoms with Crippen molar-refractivity contribution < 1.29 is 0 Å². The molecule has 1 aromatic rings. The van der Waals surface area contributed by atoms with Crippen molar-refractivity contribution in [2.45, 2.75) is 58.5 Å². The van der Waals surface area contributed by atoms with Crippen LogP contribution in [0.3, 0.4) is 0 Å². The number of aryl methyl sites for hydroxylation is 2. The summed E-state index contributed by atoms with van der Waals surface area (Å²) in [7, 11) is 0. The largest absolute Gasteiger partial charge is 0.314 e. The molecule has 2 nitrogen and oxygen atoms in total. The van der Waals surface area contributed by atoms with Gasteiger partial charge in [0.05, 0.1) is 0 Å². The third-order valence-corrected chi connectivity index (χ3v) is 5.47. The summed E-state index contributed by atoms with van der Waals surface area (Å²) < 4.78 is 0. The summed E-state index contributed by atoms with van der Waals surface area (Å²) in [5.41, 5.74) is 4.36. The van der Waals surface area contributed by atoms with E-state index in [0.29, 0.717) is 0 Å². The van der Waals surface area contributed by atoms with Gasteiger partial charge in [-0.15, -0.1) is 0 Å². The molecule has 1 N–H and O–H groups in total. The fraction of sp³-hybridized carbons (Fsp3) is 0.684. The van der Waals surface area contributed by atoms with E-state index in [1.54, 1.807) is 0 Å². The molecule has 0 amide bonds. The molecule has 1 aliphatic heterocycles. The average molecular weight is 286 g/mol. The average Bonchev–Trinajstić information content (AvgIpc) is 2.52. The maximum absolute atomic E-state index is 3.63. The highest BCUT2D eigenvalue weighted by atomic mass is 15.2. The minimum atomic E-state index is 0.749. The van der Waals surface area contributed by atoms with E-state index in [0.717, 1.165) is 25.0 Å². The molecule has 1 aliphatic carbocycles. The maximum atomic E-state index is 3.63. The predicted molar refractivity (Wildman–Crippen MR) is 89.6 cm³/mol. The quantitative estimate of drug-likeness (QED) is 0.912. The van der Waals surface area contributed by atoms with Gasteiger partial charge in [-0.05, 0) is 43.7 Å². The Morgan fingerprint density at radius 1 is 1.14 bits per heavy atom. The van der Waals surface area contributed by atoms with Crippen molar-refractivity contribution in [3.63, 3.8) is 0 Å². The van der Waals surface area contributed by atoms with Gasteiger partial charge in [0.2, 0.25) is 0 Å². The first-order chi connectivity index (χ1) is 10.2. The normalized spacial score (nSPS) is 25.1. The lowest BCUT2D eigenvalue weighted by Gasteiger charge is -2.42. The van der Waals surface area contributed by atoms with Crippen LogP contribution >= 0.6 is 0 Å². The first-order valence-electron chi connectivity index (χ1n) is 8.75. The van der Waals surface area contributed by atoms with Gasteiger partial charge in [-0.25, -0.2) is 0 Å². The van der Waals surface area contributed by atoms with Gasteiger partial charge in [-0.2, -0.15) is 0 Å². The van der Waals surface area contributed by atoms with Crippen molar-refractivity contribution in [3.8, 4) is 0 Å². The van der Waals surface area contributed by atoms with Gasteiger partial charge in [0, 0.05) is 32.2 Å². The Kier molecular flexibility index (Phi) is 4.97. The van der Waals surface area contributed by atoms with E-state index >= 15 is 0 Å². The number of nitrogens with zero attached hydrogens (tertiary/aromatic N) is 1. The Morgan fingerprint density at radius 3 is 2.76 bits per heavy atom. The zero-order valence-corrected chi connectivity index (χ0v) is 13.7. The molecule has 21 heavy (non-hydrogen) atoms. The smallest absolute Gasteiger partial charge is 0.0252 e. The van der Waals surface area contributed by atoms with Crippen molar-refractivity contribution in [2.75, 3.05) is 19.6 Å². The minimum absolute atomic E-state index is 0.749. The lowest BCUT2D eigenvalue weighted by atomic mass is 9.82. The van der Waals surface area contributed by atoms with Crippen molar-refractivity contribution in [3.05, 3.63) is 34.9 Å². The molecular formula is C19H30N2. The van der Waals surface area contributed by atoms with Crippen LogP contribution in [-0.2, 0) is 6.54 Å². The zero-order valence-electron chi connectivity index (χ0n) is 13.7. The molecule has 1 atom stereocenters. The van der Waals surface area contributed by atoms with Gasteiger partial charge in [0.25, 0.3) is 0 Å². The highest BCUT2D eigenvalue weighted by Gasteiger charge is 2.30. The zero-order chi connectivity index (χ0) is 14.7. The lowest BCUT2D eigenvalue weighted by Crippen LogP contribution is -2.54. The highest BCUT2D eigenvalue weighted by molar-refractivity contribution is 5.30. The number of benzene rings is 1. The number of rotatable bonds is 3. The second kappa shape index (κ2) is 6.93. The third-order valence-electron chi connectivity index (χ3n) is 5.47. The predicted octanol–water partition coefficient (Wildman–Crippen LogP) is 3.66. The number of nitrogens with one attached hydrogen (secondary N) is 1. The van der Waals surface area contributed by atoms with Gasteiger partial charge >= 0.3 is 0 Å². The lowest BCUT2D eigenvalue weighted by molar-refractivity contribution is 0.0858. The Hall–Kier alpha value is -0.860. The third kappa shape index (κ3) is 3.67. The second-order valence-corrected chi connectivity index (χ2v) is 7.07. The molecule has 0 radical (unpaired) electrons. The van der Waals surface area contributed by atoms with Crippen LogP contribution in [0.4, 0.5) is 0 Å². The molecule has 3 rings (SSSR count). The summed E-state index contributed by atoms with van der Waals surface area (Å²) in [5, 5.41) is 3.63. The van der Waals surface area contributed by atoms with Crippen molar-refractivity contribution in [2.24, 2.45) is 5.92 Å². The van der Waals surface area contributed by atoms with Crippen LogP contribution in [0.5, 0.6) is 0 Å². The maximum Gasteiger partial charge on any atom is 0.0252 e. The fourth-order valence-corrected chi connectivity index (χ4v) is 4.14. The van der Waals surface area contributed by atoms with Gasteiger partial charge in [-0.1, -0.05) is 43.0 Å². The summed E-state index contributed by atoms with van der Waals surface area (Å²) in [6, 6.07) is 7.64. The van der Waals surface area contributed by atoms with E-state index in [1.165, 1.54) is 61.9 Å². The highest BCUT2D eigenvalue weighted by Crippen LogP contribution is 2.30. The summed E-state index contributed by atoms with van der Waals surface area (Å²) in [5.74, 6) is 0.914. The summed E-state index contributed by atoms with van der Waals surface area (Å²) in [6.07, 6.45) is 7.22. The molecule has 2 aliphatic rings. The molecule has 0 spiro atoms. The first kappa shape index (κ1) is 15.1. The number of hydrogen-bond donors (Lipinski definition) is 1. The van der Waals surface area contributed by atoms with E-state index in [2.05, 4.69) is 42.3 Å². The van der Waals surface area contributed by atoms with Gasteiger partial charge in [0.1, 0.15) is 0 Å². The molecule has 0 aromatic heterocycles. The molecular weight excluding hydrogens is 256 g/mol. The van der Waals surface area contributed by atoms with Crippen molar-refractivity contribution >= 4 is 0 Å². The van der Waals surface area contributed by atoms with Crippen LogP contribution in [0, 0.1) is 19.8 Å². The van der Waals surface area contributed by atoms with E-state index in [-0.39, 0.29) is 0 Å². The molecule has 1 aromatic carbocycles. The Bertz CT molecular complexity index is 463. The molecule has 1 saturated carbocycles. The van der Waals surface area contributed by atoms with Crippen LogP contribution in [0.15, 0.2) is 18.2 Å². The summed E-state index contributed by atoms with van der Waals surface area (Å²) >= 11 is 0. The summed E-state index contributed by atoms with van der Waals surface area (Å²) in [6.45, 7) is 9.14. The van der Waals surface area contributed by atoms with Crippen LogP contribution in [0.1, 0.15) is 48.8 Å². The van der Waals surface area contributed by atoms with Gasteiger partial charge in [0.15, 0.2) is 0 Å². The molecule has 116 valence electrons. The van der Waals surface area contributed by atoms with Crippen molar-refractivity contribution in [1.82, 2.24) is 10.2 Å². The summed E-state index contributed by atoms with van der Waals surface area (Å²) in [4.78, 5) is 2.76. The fourth-order valence-electron chi connectivity index (χ4n) is 4.14. The van der Waals surface area contributed by atoms with Crippen LogP contribution in [0.2, 0.25) is 0 Å². The topological polar surface area (TPSA) is 15.3 Å². The standard InChI is InChI=1S/C19H30N2/c1-15-8-9-16(2)18(12-15)14-21-11-10-20-13-19(21)17-6-4-3-5-7-17/h8-9,12,17,19-20H,3-7,10-11,13-14H2,1-2H3. The minimum Gasteiger partial charge on any atom is -0.314 e. The molecule has 1 heterocycles. The monoisotopic (exact) mass is 286 g/mol. The number of piperazine rings is 1.